The summed E-state index contributed by atoms with van der Waals surface area (Å²) in [5, 5.41) is 12.6. The molecular formula is C31H26N4O8S. The van der Waals surface area contributed by atoms with Crippen molar-refractivity contribution in [3.05, 3.63) is 123 Å². The van der Waals surface area contributed by atoms with Gasteiger partial charge in [-0.05, 0) is 66.8 Å². The number of β-lactam (4-membered cyclic amide) rings is 1. The number of rotatable bonds is 10. The number of imide groups is 1. The van der Waals surface area contributed by atoms with Crippen molar-refractivity contribution in [3.8, 4) is 0 Å². The molecule has 5 rings (SSSR count). The van der Waals surface area contributed by atoms with Crippen molar-refractivity contribution < 1.29 is 33.6 Å². The Kier molecular flexibility index (Phi) is 8.58. The number of ether oxygens (including phenoxy) is 1. The highest BCUT2D eigenvalue weighted by molar-refractivity contribution is 7.98. The fourth-order valence-corrected chi connectivity index (χ4v) is 6.01. The maximum atomic E-state index is 13.5. The molecule has 44 heavy (non-hydrogen) atoms. The number of likely N-dealkylation sites (tertiary alicyclic amines) is 1. The fourth-order valence-electron chi connectivity index (χ4n) is 4.79. The zero-order valence-corrected chi connectivity index (χ0v) is 24.4. The molecule has 0 aromatic heterocycles. The molecular weight excluding hydrogens is 588 g/mol. The lowest BCUT2D eigenvalue weighted by Crippen LogP contribution is -2.70. The highest BCUT2D eigenvalue weighted by Gasteiger charge is 2.55. The molecule has 2 aliphatic rings. The van der Waals surface area contributed by atoms with Crippen LogP contribution in [0, 0.1) is 10.1 Å². The number of benzene rings is 3. The van der Waals surface area contributed by atoms with Crippen LogP contribution >= 0.6 is 11.9 Å². The molecule has 0 radical (unpaired) electrons. The smallest absolute Gasteiger partial charge is 0.355 e. The number of non-ortho nitro benzene ring substituents is 1. The van der Waals surface area contributed by atoms with Gasteiger partial charge in [0, 0.05) is 12.1 Å². The fraction of sp³-hybridized carbons (Fsp3) is 0.194. The molecule has 1 saturated heterocycles. The lowest BCUT2D eigenvalue weighted by atomic mass is 10.0. The van der Waals surface area contributed by atoms with E-state index in [1.807, 2.05) is 6.07 Å². The molecule has 0 saturated carbocycles. The van der Waals surface area contributed by atoms with Crippen LogP contribution in [0.25, 0.3) is 0 Å². The number of nitro benzene ring substituents is 1. The summed E-state index contributed by atoms with van der Waals surface area (Å²) in [4.78, 5) is 77.6. The standard InChI is InChI=1S/C31H26N4O8S/c1-18(2)26(31(40)43-17-20-12-14-21(15-13-20)35(41)42)33-29(39)25(32-24(36)16-19-8-4-3-5-9-19)30(33)44-34-27(37)22-10-6-7-11-23(22)28(34)38/h3-15,25,30H,16-17H2,1-2H3,(H,32,36). The van der Waals surface area contributed by atoms with Crippen LogP contribution in [0.2, 0.25) is 0 Å². The molecule has 3 aromatic carbocycles. The van der Waals surface area contributed by atoms with Crippen molar-refractivity contribution >= 4 is 47.2 Å². The third-order valence-electron chi connectivity index (χ3n) is 6.96. The molecule has 12 nitrogen and oxygen atoms in total. The zero-order chi connectivity index (χ0) is 31.5. The number of hydrogen-bond acceptors (Lipinski definition) is 9. The van der Waals surface area contributed by atoms with Crippen LogP contribution in [0.4, 0.5) is 5.69 Å². The minimum Gasteiger partial charge on any atom is -0.456 e. The first-order chi connectivity index (χ1) is 21.1. The van der Waals surface area contributed by atoms with E-state index < -0.39 is 45.9 Å². The second-order valence-electron chi connectivity index (χ2n) is 10.2. The average molecular weight is 615 g/mol. The molecule has 224 valence electrons. The number of nitro groups is 1. The van der Waals surface area contributed by atoms with E-state index in [1.54, 1.807) is 50.2 Å². The van der Waals surface area contributed by atoms with E-state index in [4.69, 9.17) is 4.74 Å². The Hall–Kier alpha value is -5.30. The number of carbonyl (C=O) groups is 5. The van der Waals surface area contributed by atoms with Gasteiger partial charge in [0.05, 0.1) is 22.5 Å². The molecule has 1 N–H and O–H groups in total. The van der Waals surface area contributed by atoms with Gasteiger partial charge in [0.1, 0.15) is 23.7 Å². The van der Waals surface area contributed by atoms with E-state index in [9.17, 15) is 34.1 Å². The minimum atomic E-state index is -1.16. The monoisotopic (exact) mass is 614 g/mol. The van der Waals surface area contributed by atoms with E-state index in [-0.39, 0.29) is 35.5 Å². The van der Waals surface area contributed by atoms with Crippen molar-refractivity contribution in [1.29, 1.82) is 0 Å². The molecule has 0 aliphatic carbocycles. The Bertz CT molecular complexity index is 1670. The third kappa shape index (κ3) is 5.95. The number of nitrogens with one attached hydrogen (secondary N) is 1. The highest BCUT2D eigenvalue weighted by Crippen LogP contribution is 2.40. The van der Waals surface area contributed by atoms with Crippen LogP contribution < -0.4 is 5.32 Å². The molecule has 2 unspecified atom stereocenters. The average Bonchev–Trinajstić information content (AvgIpc) is 3.25. The Morgan fingerprint density at radius 1 is 0.886 bits per heavy atom. The summed E-state index contributed by atoms with van der Waals surface area (Å²) in [5.74, 6) is -3.10. The van der Waals surface area contributed by atoms with Gasteiger partial charge >= 0.3 is 5.97 Å². The SMILES string of the molecule is CC(C)=C(C(=O)OCc1ccc([N+](=O)[O-])cc1)N1C(=O)C(NC(=O)Cc2ccccc2)C1SN1C(=O)c2ccccc2C1=O. The highest BCUT2D eigenvalue weighted by atomic mass is 32.2. The molecule has 0 bridgehead atoms. The van der Waals surface area contributed by atoms with Gasteiger partial charge in [-0.25, -0.2) is 9.10 Å². The number of hydrogen-bond donors (Lipinski definition) is 1. The lowest BCUT2D eigenvalue weighted by Gasteiger charge is -2.47. The Labute approximate surface area is 255 Å². The summed E-state index contributed by atoms with van der Waals surface area (Å²) in [6.45, 7) is 2.96. The maximum absolute atomic E-state index is 13.5. The van der Waals surface area contributed by atoms with E-state index in [0.717, 1.165) is 26.7 Å². The second kappa shape index (κ2) is 12.5. The molecule has 13 heteroatoms. The van der Waals surface area contributed by atoms with Crippen molar-refractivity contribution in [1.82, 2.24) is 14.5 Å². The number of carbonyl (C=O) groups excluding carboxylic acids is 5. The van der Waals surface area contributed by atoms with E-state index in [1.165, 1.54) is 36.4 Å². The van der Waals surface area contributed by atoms with Crippen molar-refractivity contribution in [2.75, 3.05) is 0 Å². The molecule has 0 spiro atoms. The van der Waals surface area contributed by atoms with Gasteiger partial charge in [-0.3, -0.25) is 34.2 Å². The number of fused-ring (bicyclic) bond motifs is 1. The maximum Gasteiger partial charge on any atom is 0.355 e. The largest absolute Gasteiger partial charge is 0.456 e. The summed E-state index contributed by atoms with van der Waals surface area (Å²) in [6, 6.07) is 19.5. The lowest BCUT2D eigenvalue weighted by molar-refractivity contribution is -0.384. The first-order valence-electron chi connectivity index (χ1n) is 13.5. The van der Waals surface area contributed by atoms with Crippen molar-refractivity contribution in [3.63, 3.8) is 0 Å². The summed E-state index contributed by atoms with van der Waals surface area (Å²) in [7, 11) is 0. The van der Waals surface area contributed by atoms with Gasteiger partial charge < -0.3 is 10.1 Å². The van der Waals surface area contributed by atoms with Crippen LogP contribution in [0.1, 0.15) is 45.7 Å². The molecule has 2 heterocycles. The van der Waals surface area contributed by atoms with Gasteiger partial charge in [-0.15, -0.1) is 0 Å². The van der Waals surface area contributed by atoms with E-state index >= 15 is 0 Å². The zero-order valence-electron chi connectivity index (χ0n) is 23.6. The molecule has 4 amide bonds. The summed E-state index contributed by atoms with van der Waals surface area (Å²) >= 11 is 0.736. The molecule has 3 aromatic rings. The first kappa shape index (κ1) is 30.2. The van der Waals surface area contributed by atoms with Crippen molar-refractivity contribution in [2.45, 2.75) is 38.3 Å². The topological polar surface area (TPSA) is 156 Å². The van der Waals surface area contributed by atoms with Crippen molar-refractivity contribution in [2.24, 2.45) is 0 Å². The van der Waals surface area contributed by atoms with Gasteiger partial charge in [0.2, 0.25) is 5.91 Å². The number of allylic oxidation sites excluding steroid dienone is 1. The summed E-state index contributed by atoms with van der Waals surface area (Å²) < 4.78 is 6.39. The Morgan fingerprint density at radius 3 is 2.05 bits per heavy atom. The van der Waals surface area contributed by atoms with Gasteiger partial charge in [0.15, 0.2) is 0 Å². The number of esters is 1. The van der Waals surface area contributed by atoms with Crippen LogP contribution in [0.15, 0.2) is 90.1 Å². The van der Waals surface area contributed by atoms with Crippen LogP contribution in [0.5, 0.6) is 0 Å². The third-order valence-corrected chi connectivity index (χ3v) is 8.20. The molecule has 1 fully saturated rings. The van der Waals surface area contributed by atoms with Crippen LogP contribution in [-0.4, -0.2) is 55.1 Å². The van der Waals surface area contributed by atoms with Crippen LogP contribution in [-0.2, 0) is 32.1 Å². The minimum absolute atomic E-state index is 0.0121. The van der Waals surface area contributed by atoms with E-state index in [0.29, 0.717) is 11.1 Å². The molecule has 2 aliphatic heterocycles. The van der Waals surface area contributed by atoms with Gasteiger partial charge in [0.25, 0.3) is 23.4 Å². The second-order valence-corrected chi connectivity index (χ2v) is 11.3. The van der Waals surface area contributed by atoms with Crippen LogP contribution in [0.3, 0.4) is 0 Å². The predicted molar refractivity (Wildman–Crippen MR) is 159 cm³/mol. The summed E-state index contributed by atoms with van der Waals surface area (Å²) in [5.41, 5.74) is 1.79. The first-order valence-corrected chi connectivity index (χ1v) is 14.3. The molecule has 2 atom stereocenters. The summed E-state index contributed by atoms with van der Waals surface area (Å²) in [6.07, 6.45) is -0.0121. The van der Waals surface area contributed by atoms with Gasteiger partial charge in [-0.2, -0.15) is 0 Å². The predicted octanol–water partition coefficient (Wildman–Crippen LogP) is 3.77. The Balaban J connectivity index is 1.38. The number of nitrogens with zero attached hydrogens (tertiary/aromatic N) is 3. The van der Waals surface area contributed by atoms with Gasteiger partial charge in [-0.1, -0.05) is 42.5 Å². The van der Waals surface area contributed by atoms with E-state index in [2.05, 4.69) is 5.32 Å². The quantitative estimate of drug-likeness (QED) is 0.0683. The number of amides is 4. The Morgan fingerprint density at radius 2 is 1.48 bits per heavy atom. The normalized spacial score (nSPS) is 17.1.